The maximum absolute atomic E-state index is 12.4. The maximum atomic E-state index is 12.4. The standard InChI is InChI=1S/C20H22ClN3O3/c21-18-7-3-16(4-8-18)14-23-20(26)22-13-15-1-5-17(6-2-15)19(25)24-9-11-27-12-10-24/h1-8H,9-14H2,(H2,22,23,26). The quantitative estimate of drug-likeness (QED) is 0.828. The van der Waals surface area contributed by atoms with Gasteiger partial charge in [-0.05, 0) is 35.4 Å². The Bertz CT molecular complexity index is 772. The van der Waals surface area contributed by atoms with Crippen LogP contribution < -0.4 is 10.6 Å². The number of hydrogen-bond donors (Lipinski definition) is 2. The molecule has 6 nitrogen and oxygen atoms in total. The molecule has 0 aromatic heterocycles. The van der Waals surface area contributed by atoms with Crippen molar-refractivity contribution in [3.63, 3.8) is 0 Å². The van der Waals surface area contributed by atoms with Crippen LogP contribution in [0.4, 0.5) is 4.79 Å². The minimum Gasteiger partial charge on any atom is -0.378 e. The van der Waals surface area contributed by atoms with Crippen molar-refractivity contribution in [2.24, 2.45) is 0 Å². The van der Waals surface area contributed by atoms with E-state index in [-0.39, 0.29) is 11.9 Å². The van der Waals surface area contributed by atoms with Crippen LogP contribution in [0.3, 0.4) is 0 Å². The molecular weight excluding hydrogens is 366 g/mol. The molecule has 0 atom stereocenters. The van der Waals surface area contributed by atoms with E-state index in [1.54, 1.807) is 29.2 Å². The minimum absolute atomic E-state index is 0.0125. The Morgan fingerprint density at radius 1 is 0.889 bits per heavy atom. The summed E-state index contributed by atoms with van der Waals surface area (Å²) in [5, 5.41) is 6.27. The van der Waals surface area contributed by atoms with E-state index in [1.165, 1.54) is 0 Å². The summed E-state index contributed by atoms with van der Waals surface area (Å²) in [7, 11) is 0. The predicted octanol–water partition coefficient (Wildman–Crippen LogP) is 2.81. The molecule has 2 N–H and O–H groups in total. The average molecular weight is 388 g/mol. The molecule has 1 heterocycles. The fraction of sp³-hybridized carbons (Fsp3) is 0.300. The SMILES string of the molecule is O=C(NCc1ccc(Cl)cc1)NCc1ccc(C(=O)N2CCOCC2)cc1. The highest BCUT2D eigenvalue weighted by molar-refractivity contribution is 6.30. The fourth-order valence-corrected chi connectivity index (χ4v) is 2.87. The molecule has 0 bridgehead atoms. The van der Waals surface area contributed by atoms with Gasteiger partial charge in [-0.25, -0.2) is 4.79 Å². The van der Waals surface area contributed by atoms with Crippen LogP contribution in [0.2, 0.25) is 5.02 Å². The van der Waals surface area contributed by atoms with Crippen molar-refractivity contribution in [3.8, 4) is 0 Å². The number of hydrogen-bond acceptors (Lipinski definition) is 3. The highest BCUT2D eigenvalue weighted by atomic mass is 35.5. The van der Waals surface area contributed by atoms with Crippen molar-refractivity contribution in [2.45, 2.75) is 13.1 Å². The van der Waals surface area contributed by atoms with Gasteiger partial charge in [0, 0.05) is 36.8 Å². The Morgan fingerprint density at radius 3 is 1.96 bits per heavy atom. The summed E-state index contributed by atoms with van der Waals surface area (Å²) < 4.78 is 5.27. The molecule has 7 heteroatoms. The first-order chi connectivity index (χ1) is 13.1. The molecule has 27 heavy (non-hydrogen) atoms. The lowest BCUT2D eigenvalue weighted by Crippen LogP contribution is -2.40. The number of ether oxygens (including phenoxy) is 1. The summed E-state index contributed by atoms with van der Waals surface area (Å²) in [6.45, 7) is 3.22. The third kappa shape index (κ3) is 5.70. The van der Waals surface area contributed by atoms with Gasteiger partial charge in [-0.15, -0.1) is 0 Å². The normalized spacial score (nSPS) is 13.9. The molecule has 1 fully saturated rings. The Morgan fingerprint density at radius 2 is 1.41 bits per heavy atom. The molecule has 1 aliphatic rings. The Kier molecular flexibility index (Phi) is 6.68. The van der Waals surface area contributed by atoms with E-state index in [0.717, 1.165) is 11.1 Å². The lowest BCUT2D eigenvalue weighted by atomic mass is 10.1. The average Bonchev–Trinajstić information content (AvgIpc) is 2.72. The van der Waals surface area contributed by atoms with Crippen LogP contribution in [-0.2, 0) is 17.8 Å². The Balaban J connectivity index is 1.44. The van der Waals surface area contributed by atoms with E-state index in [2.05, 4.69) is 10.6 Å². The summed E-state index contributed by atoms with van der Waals surface area (Å²) in [5.74, 6) is 0.0125. The molecule has 1 saturated heterocycles. The molecule has 1 aliphatic heterocycles. The van der Waals surface area contributed by atoms with Gasteiger partial charge in [0.05, 0.1) is 13.2 Å². The number of carbonyl (C=O) groups is 2. The first-order valence-electron chi connectivity index (χ1n) is 8.84. The third-order valence-electron chi connectivity index (χ3n) is 4.32. The largest absolute Gasteiger partial charge is 0.378 e. The van der Waals surface area contributed by atoms with Crippen molar-refractivity contribution < 1.29 is 14.3 Å². The van der Waals surface area contributed by atoms with Crippen LogP contribution >= 0.6 is 11.6 Å². The van der Waals surface area contributed by atoms with Gasteiger partial charge in [-0.2, -0.15) is 0 Å². The number of morpholine rings is 1. The number of carbonyl (C=O) groups excluding carboxylic acids is 2. The second kappa shape index (κ2) is 9.39. The predicted molar refractivity (Wildman–Crippen MR) is 104 cm³/mol. The number of urea groups is 1. The van der Waals surface area contributed by atoms with Crippen molar-refractivity contribution in [2.75, 3.05) is 26.3 Å². The van der Waals surface area contributed by atoms with Gasteiger partial charge in [0.25, 0.3) is 5.91 Å². The van der Waals surface area contributed by atoms with Crippen LogP contribution in [0.25, 0.3) is 0 Å². The van der Waals surface area contributed by atoms with Gasteiger partial charge in [0.2, 0.25) is 0 Å². The van der Waals surface area contributed by atoms with Gasteiger partial charge in [-0.3, -0.25) is 4.79 Å². The molecule has 0 saturated carbocycles. The smallest absolute Gasteiger partial charge is 0.315 e. The van der Waals surface area contributed by atoms with Crippen molar-refractivity contribution >= 4 is 23.5 Å². The molecule has 3 amide bonds. The number of benzene rings is 2. The zero-order chi connectivity index (χ0) is 19.1. The van der Waals surface area contributed by atoms with E-state index in [9.17, 15) is 9.59 Å². The number of halogens is 1. The van der Waals surface area contributed by atoms with Crippen molar-refractivity contribution in [1.82, 2.24) is 15.5 Å². The second-order valence-electron chi connectivity index (χ2n) is 6.26. The molecule has 0 aliphatic carbocycles. The number of nitrogens with one attached hydrogen (secondary N) is 2. The summed E-state index contributed by atoms with van der Waals surface area (Å²) >= 11 is 5.84. The minimum atomic E-state index is -0.251. The number of nitrogens with zero attached hydrogens (tertiary/aromatic N) is 1. The van der Waals surface area contributed by atoms with E-state index in [0.29, 0.717) is 50.0 Å². The van der Waals surface area contributed by atoms with Gasteiger partial charge < -0.3 is 20.3 Å². The highest BCUT2D eigenvalue weighted by Gasteiger charge is 2.18. The van der Waals surface area contributed by atoms with Gasteiger partial charge in [0.1, 0.15) is 0 Å². The van der Waals surface area contributed by atoms with E-state index >= 15 is 0 Å². The van der Waals surface area contributed by atoms with Gasteiger partial charge in [-0.1, -0.05) is 35.9 Å². The van der Waals surface area contributed by atoms with Gasteiger partial charge >= 0.3 is 6.03 Å². The first-order valence-corrected chi connectivity index (χ1v) is 9.22. The molecule has 0 radical (unpaired) electrons. The number of rotatable bonds is 5. The van der Waals surface area contributed by atoms with Crippen LogP contribution in [0.5, 0.6) is 0 Å². The highest BCUT2D eigenvalue weighted by Crippen LogP contribution is 2.10. The molecule has 0 unspecified atom stereocenters. The molecule has 0 spiro atoms. The topological polar surface area (TPSA) is 70.7 Å². The molecule has 142 valence electrons. The van der Waals surface area contributed by atoms with E-state index in [4.69, 9.17) is 16.3 Å². The summed E-state index contributed by atoms with van der Waals surface area (Å²) in [6, 6.07) is 14.4. The lowest BCUT2D eigenvalue weighted by molar-refractivity contribution is 0.0303. The maximum Gasteiger partial charge on any atom is 0.315 e. The van der Waals surface area contributed by atoms with Crippen molar-refractivity contribution in [1.29, 1.82) is 0 Å². The Hall–Kier alpha value is -2.57. The zero-order valence-corrected chi connectivity index (χ0v) is 15.7. The molecule has 3 rings (SSSR count). The molecular formula is C20H22ClN3O3. The first kappa shape index (κ1) is 19.2. The third-order valence-corrected chi connectivity index (χ3v) is 4.57. The van der Waals surface area contributed by atoms with Crippen LogP contribution in [0.1, 0.15) is 21.5 Å². The fourth-order valence-electron chi connectivity index (χ4n) is 2.74. The van der Waals surface area contributed by atoms with Crippen molar-refractivity contribution in [3.05, 3.63) is 70.2 Å². The summed E-state index contributed by atoms with van der Waals surface area (Å²) in [6.07, 6.45) is 0. The zero-order valence-electron chi connectivity index (χ0n) is 14.9. The van der Waals surface area contributed by atoms with E-state index < -0.39 is 0 Å². The Labute approximate surface area is 163 Å². The van der Waals surface area contributed by atoms with E-state index in [1.807, 2.05) is 24.3 Å². The molecule has 2 aromatic carbocycles. The lowest BCUT2D eigenvalue weighted by Gasteiger charge is -2.26. The van der Waals surface area contributed by atoms with Gasteiger partial charge in [0.15, 0.2) is 0 Å². The summed E-state index contributed by atoms with van der Waals surface area (Å²) in [4.78, 5) is 26.1. The summed E-state index contributed by atoms with van der Waals surface area (Å²) in [5.41, 5.74) is 2.54. The monoisotopic (exact) mass is 387 g/mol. The van der Waals surface area contributed by atoms with Crippen LogP contribution in [-0.4, -0.2) is 43.1 Å². The van der Waals surface area contributed by atoms with Crippen LogP contribution in [0, 0.1) is 0 Å². The molecule has 2 aromatic rings. The second-order valence-corrected chi connectivity index (χ2v) is 6.70. The van der Waals surface area contributed by atoms with Crippen LogP contribution in [0.15, 0.2) is 48.5 Å². The number of amides is 3.